The van der Waals surface area contributed by atoms with Gasteiger partial charge < -0.3 is 10.6 Å². The second kappa shape index (κ2) is 7.08. The summed E-state index contributed by atoms with van der Waals surface area (Å²) in [5.74, 6) is 0.214. The molecule has 0 bridgehead atoms. The van der Waals surface area contributed by atoms with E-state index in [0.29, 0.717) is 11.2 Å². The van der Waals surface area contributed by atoms with Crippen molar-refractivity contribution in [1.29, 1.82) is 0 Å². The van der Waals surface area contributed by atoms with Crippen molar-refractivity contribution in [3.05, 3.63) is 60.2 Å². The Morgan fingerprint density at radius 3 is 2.42 bits per heavy atom. The SMILES string of the molecule is Fc1ccccc1.NC(=O)c1cnn2ccc(N3CCCC3)nc12. The first-order valence-electron chi connectivity index (χ1n) is 7.75. The second-order valence-electron chi connectivity index (χ2n) is 5.47. The van der Waals surface area contributed by atoms with Crippen molar-refractivity contribution >= 4 is 17.4 Å². The maximum atomic E-state index is 11.9. The topological polar surface area (TPSA) is 76.5 Å². The van der Waals surface area contributed by atoms with E-state index in [1.54, 1.807) is 22.7 Å². The first-order valence-corrected chi connectivity index (χ1v) is 7.75. The van der Waals surface area contributed by atoms with E-state index in [4.69, 9.17) is 5.73 Å². The highest BCUT2D eigenvalue weighted by atomic mass is 19.1. The van der Waals surface area contributed by atoms with Crippen molar-refractivity contribution in [2.24, 2.45) is 5.73 Å². The summed E-state index contributed by atoms with van der Waals surface area (Å²) in [5, 5.41) is 4.04. The van der Waals surface area contributed by atoms with Crippen LogP contribution >= 0.6 is 0 Å². The van der Waals surface area contributed by atoms with Crippen LogP contribution in [0.4, 0.5) is 10.2 Å². The molecule has 1 aromatic carbocycles. The first kappa shape index (κ1) is 15.9. The number of rotatable bonds is 2. The van der Waals surface area contributed by atoms with E-state index < -0.39 is 5.91 Å². The number of benzene rings is 1. The van der Waals surface area contributed by atoms with E-state index in [9.17, 15) is 9.18 Å². The summed E-state index contributed by atoms with van der Waals surface area (Å²) in [6.07, 6.45) is 5.64. The van der Waals surface area contributed by atoms with Gasteiger partial charge in [-0.15, -0.1) is 0 Å². The molecule has 0 saturated carbocycles. The number of amides is 1. The Kier molecular flexibility index (Phi) is 4.69. The Morgan fingerprint density at radius 2 is 1.83 bits per heavy atom. The lowest BCUT2D eigenvalue weighted by atomic mass is 10.3. The molecular formula is C17H18FN5O. The zero-order chi connectivity index (χ0) is 16.9. The number of anilines is 1. The van der Waals surface area contributed by atoms with Crippen LogP contribution in [0.1, 0.15) is 23.2 Å². The zero-order valence-corrected chi connectivity index (χ0v) is 13.1. The van der Waals surface area contributed by atoms with Gasteiger partial charge in [-0.25, -0.2) is 13.9 Å². The van der Waals surface area contributed by atoms with Gasteiger partial charge in [0.2, 0.25) is 0 Å². The number of hydrogen-bond acceptors (Lipinski definition) is 4. The van der Waals surface area contributed by atoms with Crippen molar-refractivity contribution in [1.82, 2.24) is 14.6 Å². The van der Waals surface area contributed by atoms with E-state index in [1.807, 2.05) is 12.3 Å². The van der Waals surface area contributed by atoms with Gasteiger partial charge in [0.05, 0.1) is 6.20 Å². The van der Waals surface area contributed by atoms with Crippen molar-refractivity contribution in [3.8, 4) is 0 Å². The molecule has 1 fully saturated rings. The molecule has 0 aliphatic carbocycles. The van der Waals surface area contributed by atoms with Crippen molar-refractivity contribution in [3.63, 3.8) is 0 Å². The summed E-state index contributed by atoms with van der Waals surface area (Å²) >= 11 is 0. The summed E-state index contributed by atoms with van der Waals surface area (Å²) in [6.45, 7) is 2.03. The van der Waals surface area contributed by atoms with Gasteiger partial charge in [-0.3, -0.25) is 4.79 Å². The zero-order valence-electron chi connectivity index (χ0n) is 13.1. The monoisotopic (exact) mass is 327 g/mol. The molecule has 124 valence electrons. The standard InChI is InChI=1S/C11H13N5O.C6H5F/c12-10(17)8-7-13-16-6-3-9(14-11(8)16)15-4-1-2-5-15;7-6-4-2-1-3-5-6/h3,6-7H,1-2,4-5H2,(H2,12,17);1-5H. The minimum atomic E-state index is -0.494. The second-order valence-corrected chi connectivity index (χ2v) is 5.47. The lowest BCUT2D eigenvalue weighted by molar-refractivity contribution is 0.100. The maximum Gasteiger partial charge on any atom is 0.254 e. The number of primary amides is 1. The molecule has 0 spiro atoms. The predicted octanol–water partition coefficient (Wildman–Crippen LogP) is 2.25. The van der Waals surface area contributed by atoms with Crippen LogP contribution in [0.25, 0.3) is 5.65 Å². The quantitative estimate of drug-likeness (QED) is 0.783. The average Bonchev–Trinajstić information content (AvgIpc) is 3.25. The van der Waals surface area contributed by atoms with E-state index >= 15 is 0 Å². The van der Waals surface area contributed by atoms with Crippen LogP contribution in [-0.2, 0) is 0 Å². The Hall–Kier alpha value is -2.96. The number of aromatic nitrogens is 3. The maximum absolute atomic E-state index is 11.9. The molecule has 0 radical (unpaired) electrons. The lowest BCUT2D eigenvalue weighted by Gasteiger charge is -2.15. The van der Waals surface area contributed by atoms with Gasteiger partial charge in [-0.2, -0.15) is 5.10 Å². The van der Waals surface area contributed by atoms with Crippen LogP contribution in [0.15, 0.2) is 48.8 Å². The van der Waals surface area contributed by atoms with E-state index in [2.05, 4.69) is 15.0 Å². The summed E-state index contributed by atoms with van der Waals surface area (Å²) in [6, 6.07) is 9.85. The number of nitrogens with two attached hydrogens (primary N) is 1. The highest BCUT2D eigenvalue weighted by Gasteiger charge is 2.16. The molecule has 6 nitrogen and oxygen atoms in total. The lowest BCUT2D eigenvalue weighted by Crippen LogP contribution is -2.19. The smallest absolute Gasteiger partial charge is 0.254 e. The molecule has 2 N–H and O–H groups in total. The van der Waals surface area contributed by atoms with Crippen LogP contribution in [0, 0.1) is 5.82 Å². The molecule has 1 aliphatic heterocycles. The Morgan fingerprint density at radius 1 is 1.12 bits per heavy atom. The first-order chi connectivity index (χ1) is 11.6. The van der Waals surface area contributed by atoms with Crippen molar-refractivity contribution in [2.75, 3.05) is 18.0 Å². The molecule has 0 atom stereocenters. The predicted molar refractivity (Wildman–Crippen MR) is 89.4 cm³/mol. The number of halogens is 1. The fourth-order valence-corrected chi connectivity index (χ4v) is 2.57. The summed E-state index contributed by atoms with van der Waals surface area (Å²) in [7, 11) is 0. The number of nitrogens with zero attached hydrogens (tertiary/aromatic N) is 4. The highest BCUT2D eigenvalue weighted by molar-refractivity contribution is 5.98. The largest absolute Gasteiger partial charge is 0.365 e. The van der Waals surface area contributed by atoms with Gasteiger partial charge in [0.15, 0.2) is 5.65 Å². The van der Waals surface area contributed by atoms with Gasteiger partial charge in [0.1, 0.15) is 17.2 Å². The molecule has 3 heterocycles. The minimum absolute atomic E-state index is 0.178. The summed E-state index contributed by atoms with van der Waals surface area (Å²) < 4.78 is 13.5. The molecule has 24 heavy (non-hydrogen) atoms. The average molecular weight is 327 g/mol. The van der Waals surface area contributed by atoms with Gasteiger partial charge in [-0.1, -0.05) is 18.2 Å². The molecule has 1 amide bonds. The molecule has 0 unspecified atom stereocenters. The van der Waals surface area contributed by atoms with Gasteiger partial charge in [-0.05, 0) is 31.0 Å². The number of hydrogen-bond donors (Lipinski definition) is 1. The normalized spacial score (nSPS) is 13.6. The molecular weight excluding hydrogens is 309 g/mol. The third-order valence-electron chi connectivity index (χ3n) is 3.78. The van der Waals surface area contributed by atoms with Crippen LogP contribution in [0.3, 0.4) is 0 Å². The molecule has 1 aliphatic rings. The van der Waals surface area contributed by atoms with E-state index in [1.165, 1.54) is 31.2 Å². The Labute approximate surface area is 138 Å². The third kappa shape index (κ3) is 3.51. The third-order valence-corrected chi connectivity index (χ3v) is 3.78. The van der Waals surface area contributed by atoms with E-state index in [-0.39, 0.29) is 5.82 Å². The Bertz CT molecular complexity index is 827. The molecule has 4 rings (SSSR count). The van der Waals surface area contributed by atoms with Gasteiger partial charge in [0, 0.05) is 19.3 Å². The number of carbonyl (C=O) groups is 1. The van der Waals surface area contributed by atoms with Crippen LogP contribution in [0.2, 0.25) is 0 Å². The Balaban J connectivity index is 0.000000203. The van der Waals surface area contributed by atoms with Gasteiger partial charge in [0.25, 0.3) is 5.91 Å². The molecule has 1 saturated heterocycles. The van der Waals surface area contributed by atoms with Crippen molar-refractivity contribution < 1.29 is 9.18 Å². The van der Waals surface area contributed by atoms with Crippen molar-refractivity contribution in [2.45, 2.75) is 12.8 Å². The fourth-order valence-electron chi connectivity index (χ4n) is 2.57. The minimum Gasteiger partial charge on any atom is -0.365 e. The number of carbonyl (C=O) groups excluding carboxylic acids is 1. The fraction of sp³-hybridized carbons (Fsp3) is 0.235. The number of fused-ring (bicyclic) bond motifs is 1. The van der Waals surface area contributed by atoms with Crippen LogP contribution in [0.5, 0.6) is 0 Å². The van der Waals surface area contributed by atoms with Gasteiger partial charge >= 0.3 is 0 Å². The van der Waals surface area contributed by atoms with Crippen LogP contribution in [-0.4, -0.2) is 33.6 Å². The summed E-state index contributed by atoms with van der Waals surface area (Å²) in [4.78, 5) is 17.9. The van der Waals surface area contributed by atoms with Crippen LogP contribution < -0.4 is 10.6 Å². The highest BCUT2D eigenvalue weighted by Crippen LogP contribution is 2.19. The molecule has 7 heteroatoms. The van der Waals surface area contributed by atoms with E-state index in [0.717, 1.165) is 18.9 Å². The molecule has 2 aromatic heterocycles. The summed E-state index contributed by atoms with van der Waals surface area (Å²) in [5.41, 5.74) is 6.18. The molecule has 3 aromatic rings.